The molecule has 1 aliphatic carbocycles. The van der Waals surface area contributed by atoms with Crippen molar-refractivity contribution in [3.8, 4) is 28.2 Å². The smallest absolute Gasteiger partial charge is 0.336 e. The van der Waals surface area contributed by atoms with Gasteiger partial charge in [0.25, 0.3) is 47.3 Å². The minimum atomic E-state index is -1.19. The van der Waals surface area contributed by atoms with Gasteiger partial charge in [0.05, 0.1) is 45.7 Å². The number of phenols is 1. The van der Waals surface area contributed by atoms with Gasteiger partial charge in [0.2, 0.25) is 17.6 Å². The van der Waals surface area contributed by atoms with Gasteiger partial charge in [-0.25, -0.2) is 14.8 Å². The summed E-state index contributed by atoms with van der Waals surface area (Å²) in [6, 6.07) is 21.5. The highest BCUT2D eigenvalue weighted by atomic mass is 32.1. The molecule has 12 rings (SSSR count). The Balaban J connectivity index is 0.550. The van der Waals surface area contributed by atoms with Crippen LogP contribution in [0, 0.1) is 0 Å². The number of benzene rings is 3. The highest BCUT2D eigenvalue weighted by molar-refractivity contribution is 7.80. The van der Waals surface area contributed by atoms with Crippen molar-refractivity contribution < 1.29 is 67.4 Å². The average molecular weight is 1640 g/mol. The number of hydrogen-bond acceptors (Lipinski definition) is 18. The molecule has 0 saturated carbocycles. The zero-order chi connectivity index (χ0) is 85.4. The van der Waals surface area contributed by atoms with Crippen molar-refractivity contribution in [1.82, 2.24) is 72.7 Å². The number of anilines is 8. The predicted octanol–water partition coefficient (Wildman–Crippen LogP) is 6.67. The maximum atomic E-state index is 13.7. The molecule has 0 radical (unpaired) electrons. The molecule has 1 atom stereocenters. The Bertz CT molecular complexity index is 6060. The van der Waals surface area contributed by atoms with Crippen molar-refractivity contribution in [2.75, 3.05) is 82.3 Å². The third-order valence-corrected chi connectivity index (χ3v) is 19.4. The molecule has 0 spiro atoms. The number of nitrogens with one attached hydrogen (secondary N) is 12. The van der Waals surface area contributed by atoms with Crippen molar-refractivity contribution in [2.45, 2.75) is 32.2 Å². The zero-order valence-corrected chi connectivity index (χ0v) is 66.9. The lowest BCUT2D eigenvalue weighted by atomic mass is 9.90. The fraction of sp³-hybridized carbons (Fsp3) is 0.237. The molecule has 0 unspecified atom stereocenters. The summed E-state index contributed by atoms with van der Waals surface area (Å²) in [7, 11) is 14.9. The van der Waals surface area contributed by atoms with Gasteiger partial charge in [-0.1, -0.05) is 6.07 Å². The minimum Gasteiger partial charge on any atom is -0.508 e. The van der Waals surface area contributed by atoms with Crippen LogP contribution in [0.15, 0.2) is 156 Å². The number of nitrogens with zero attached hydrogens (tertiary/aromatic N) is 11. The lowest BCUT2D eigenvalue weighted by molar-refractivity contribution is -0.120. The number of aromatic hydroxyl groups is 1. The topological polar surface area (TPSA) is 471 Å². The molecule has 616 valence electrons. The molecule has 2 aromatic carbocycles. The first kappa shape index (κ1) is 83.3. The van der Waals surface area contributed by atoms with Crippen LogP contribution in [0.2, 0.25) is 0 Å². The number of fused-ring (bicyclic) bond motifs is 2. The number of imidazole rings is 2. The first-order valence-electron chi connectivity index (χ1n) is 37.0. The largest absolute Gasteiger partial charge is 0.508 e. The molecule has 1 aliphatic heterocycles. The van der Waals surface area contributed by atoms with Gasteiger partial charge in [-0.05, 0) is 124 Å². The fourth-order valence-corrected chi connectivity index (χ4v) is 13.7. The normalized spacial score (nSPS) is 11.4. The van der Waals surface area contributed by atoms with Crippen LogP contribution < -0.4 is 69.2 Å². The molecule has 10 amide bonds. The summed E-state index contributed by atoms with van der Waals surface area (Å²) in [4.78, 5) is 169. The number of carbonyl (C=O) groups excluding carboxylic acids is 10. The van der Waals surface area contributed by atoms with Crippen LogP contribution in [0.5, 0.6) is 5.75 Å². The third-order valence-electron chi connectivity index (χ3n) is 19.2. The lowest BCUT2D eigenvalue weighted by Crippen LogP contribution is -2.45. The van der Waals surface area contributed by atoms with Crippen LogP contribution in [0.25, 0.3) is 33.4 Å². The number of hydrogen-bond donors (Lipinski definition) is 14. The van der Waals surface area contributed by atoms with Crippen LogP contribution in [-0.4, -0.2) is 178 Å². The van der Waals surface area contributed by atoms with E-state index >= 15 is 0 Å². The number of carbonyl (C=O) groups is 11. The quantitative estimate of drug-likeness (QED) is 0.0122. The van der Waals surface area contributed by atoms with Gasteiger partial charge in [-0.2, -0.15) is 0 Å². The molecule has 10 aromatic rings. The molecule has 0 fully saturated rings. The number of carboxylic acid groups (broad SMARTS) is 1. The van der Waals surface area contributed by atoms with E-state index in [1.807, 2.05) is 7.05 Å². The molecule has 14 N–H and O–H groups in total. The molecule has 119 heavy (non-hydrogen) atoms. The average Bonchev–Trinajstić information content (AvgIpc) is 1.68. The summed E-state index contributed by atoms with van der Waals surface area (Å²) in [5.41, 5.74) is 4.68. The molecule has 8 aromatic heterocycles. The Kier molecular flexibility index (Phi) is 25.0. The van der Waals surface area contributed by atoms with E-state index in [0.717, 1.165) is 0 Å². The minimum absolute atomic E-state index is 0.0102. The number of phenolic OH excluding ortho intramolecular Hbond substituents is 1. The van der Waals surface area contributed by atoms with E-state index in [0.29, 0.717) is 89.5 Å². The second-order valence-electron chi connectivity index (χ2n) is 28.4. The van der Waals surface area contributed by atoms with E-state index in [-0.39, 0.29) is 115 Å². The van der Waals surface area contributed by atoms with Crippen molar-refractivity contribution in [3.05, 3.63) is 208 Å². The molecular weight excluding hydrogens is 1560 g/mol. The lowest BCUT2D eigenvalue weighted by Gasteiger charge is -2.18. The first-order valence-corrected chi connectivity index (χ1v) is 37.4. The molecular formula is C80H85N23O15S. The summed E-state index contributed by atoms with van der Waals surface area (Å²) >= 11 is 5.55. The van der Waals surface area contributed by atoms with Gasteiger partial charge in [0, 0.05) is 179 Å². The van der Waals surface area contributed by atoms with Gasteiger partial charge in [0.1, 0.15) is 51.3 Å². The van der Waals surface area contributed by atoms with E-state index in [1.165, 1.54) is 127 Å². The van der Waals surface area contributed by atoms with E-state index in [9.17, 15) is 67.7 Å². The number of thiocarbonyl (C=S) groups is 1. The Morgan fingerprint density at radius 3 is 1.43 bits per heavy atom. The number of amides is 10. The van der Waals surface area contributed by atoms with Crippen molar-refractivity contribution in [3.63, 3.8) is 0 Å². The second kappa shape index (κ2) is 35.7. The molecule has 2 aliphatic rings. The van der Waals surface area contributed by atoms with Gasteiger partial charge in [-0.15, -0.1) is 0 Å². The standard InChI is InChI=1S/C80H85N23O15S/c1-43(104)85-45(35-84-72(109)59-27-47(37-98(59)5)87-74(111)61-29-48(38-100(61)7)88-75(112)62-30-50(40-101(62)8)90-77(114)69-81-21-24-96(69)3)32-67(107)93-66-42-103(10)70(94-66)78(115)91-51-31-63(102(9)41-51)76(113)89-49-28-60(99(6)39-49)73(110)86-46-26-58(97(4)36-46)71(108)82-19-11-22-95(2)23-12-20-83-80(119)92-44-13-16-54(57(25-44)79(116)117)68-55-17-14-52(105)33-64(55)118-65-34-53(106)15-18-56(65)68/h13-18,21,24-31,33-34,36-42,45,105H,11-12,19-20,22-23,32,35H2,1-10H3,(H,82,108)(H,84,109)(H,85,104)(H,86,110)(H,87,111)(H,88,112)(H,89,113)(H,90,114)(H,91,115)(H,93,107)(H,116,117)(H2,83,92,119)/t45-/m1/s1. The zero-order valence-electron chi connectivity index (χ0n) is 66.1. The summed E-state index contributed by atoms with van der Waals surface area (Å²) in [6.07, 6.45) is 14.8. The molecule has 9 heterocycles. The third kappa shape index (κ3) is 20.0. The Hall–Kier alpha value is -15.2. The summed E-state index contributed by atoms with van der Waals surface area (Å²) in [6.45, 7) is 3.26. The number of carboxylic acids is 1. The predicted molar refractivity (Wildman–Crippen MR) is 446 cm³/mol. The number of aryl methyl sites for hydroxylation is 8. The molecule has 39 heteroatoms. The van der Waals surface area contributed by atoms with Crippen LogP contribution >= 0.6 is 12.2 Å². The van der Waals surface area contributed by atoms with Crippen LogP contribution in [0.3, 0.4) is 0 Å². The maximum Gasteiger partial charge on any atom is 0.336 e. The second-order valence-corrected chi connectivity index (χ2v) is 28.8. The molecule has 0 bridgehead atoms. The molecule has 0 saturated heterocycles. The summed E-state index contributed by atoms with van der Waals surface area (Å²) in [5.74, 6) is -6.37. The monoisotopic (exact) mass is 1640 g/mol. The maximum absolute atomic E-state index is 13.7. The Morgan fingerprint density at radius 2 is 0.950 bits per heavy atom. The van der Waals surface area contributed by atoms with Gasteiger partial charge in [0.15, 0.2) is 22.2 Å². The molecule has 38 nitrogen and oxygen atoms in total. The van der Waals surface area contributed by atoms with E-state index in [4.69, 9.17) is 16.6 Å². The van der Waals surface area contributed by atoms with Crippen LogP contribution in [-0.2, 0) is 66.0 Å². The number of rotatable bonds is 31. The summed E-state index contributed by atoms with van der Waals surface area (Å²) < 4.78 is 18.0. The van der Waals surface area contributed by atoms with E-state index in [1.54, 1.807) is 120 Å². The Morgan fingerprint density at radius 1 is 0.487 bits per heavy atom. The van der Waals surface area contributed by atoms with Gasteiger partial charge < -0.3 is 120 Å². The SMILES string of the molecule is CC(=O)N[C@@H](CNC(=O)c1cc(NC(=O)c2cc(NC(=O)c3cc(NC(=O)c4nccn4C)cn3C)cn2C)cn1C)CC(=O)Nc1cn(C)c(C(=O)Nc2cc(C(=O)Nc3cc(C(=O)Nc4cc(C(=O)NCCCN(C)CCCNC(=S)Nc5ccc(-c6c7ccc(=O)cc-7oc7cc(O)ccc67)c(C(=O)O)c5)n(C)c4)n(C)c3)n(C)c2)n1. The van der Waals surface area contributed by atoms with Gasteiger partial charge in [-0.3, -0.25) is 52.7 Å². The highest BCUT2D eigenvalue weighted by Crippen LogP contribution is 2.43. The van der Waals surface area contributed by atoms with Crippen LogP contribution in [0.4, 0.5) is 45.6 Å². The number of aromatic nitrogens is 10. The fourth-order valence-electron chi connectivity index (χ4n) is 13.5. The van der Waals surface area contributed by atoms with Crippen LogP contribution in [0.1, 0.15) is 121 Å². The van der Waals surface area contributed by atoms with Crippen molar-refractivity contribution in [2.24, 2.45) is 56.4 Å². The van der Waals surface area contributed by atoms with E-state index < -0.39 is 65.2 Å². The first-order chi connectivity index (χ1) is 56.7. The number of aromatic carboxylic acids is 1. The highest BCUT2D eigenvalue weighted by Gasteiger charge is 2.28. The van der Waals surface area contributed by atoms with Gasteiger partial charge >= 0.3 is 5.97 Å². The summed E-state index contributed by atoms with van der Waals surface area (Å²) in [5, 5.41) is 55.1. The van der Waals surface area contributed by atoms with Crippen molar-refractivity contribution in [1.29, 1.82) is 0 Å². The van der Waals surface area contributed by atoms with E-state index in [2.05, 4.69) is 78.7 Å². The Labute approximate surface area is 683 Å². The van der Waals surface area contributed by atoms with Crippen molar-refractivity contribution >= 4 is 139 Å².